The van der Waals surface area contributed by atoms with Crippen LogP contribution < -0.4 is 10.5 Å². The minimum atomic E-state index is -0.134. The van der Waals surface area contributed by atoms with Crippen LogP contribution in [-0.4, -0.2) is 12.1 Å². The van der Waals surface area contributed by atoms with Crippen molar-refractivity contribution in [1.29, 1.82) is 0 Å². The summed E-state index contributed by atoms with van der Waals surface area (Å²) < 4.78 is 5.28. The molecular formula is C15H18N2O. The van der Waals surface area contributed by atoms with Gasteiger partial charge in [-0.1, -0.05) is 18.9 Å². The topological polar surface area (TPSA) is 48.1 Å². The van der Waals surface area contributed by atoms with Crippen molar-refractivity contribution < 1.29 is 4.74 Å². The average molecular weight is 242 g/mol. The van der Waals surface area contributed by atoms with Crippen LogP contribution in [0.3, 0.4) is 0 Å². The van der Waals surface area contributed by atoms with Crippen molar-refractivity contribution in [3.8, 4) is 5.88 Å². The van der Waals surface area contributed by atoms with Gasteiger partial charge in [0.05, 0.1) is 7.11 Å². The Hall–Kier alpha value is -1.61. The van der Waals surface area contributed by atoms with Crippen molar-refractivity contribution in [2.24, 2.45) is 5.73 Å². The fourth-order valence-electron chi connectivity index (χ4n) is 2.92. The summed E-state index contributed by atoms with van der Waals surface area (Å²) in [4.78, 5) is 4.22. The van der Waals surface area contributed by atoms with Gasteiger partial charge in [0.1, 0.15) is 0 Å². The number of methoxy groups -OCH3 is 1. The Morgan fingerprint density at radius 1 is 1.22 bits per heavy atom. The van der Waals surface area contributed by atoms with Crippen LogP contribution >= 0.6 is 0 Å². The number of fused-ring (bicyclic) bond motifs is 1. The maximum absolute atomic E-state index is 6.50. The van der Waals surface area contributed by atoms with Crippen molar-refractivity contribution in [2.75, 3.05) is 7.11 Å². The number of ether oxygens (including phenoxy) is 1. The Labute approximate surface area is 107 Å². The van der Waals surface area contributed by atoms with E-state index in [1.807, 2.05) is 6.07 Å². The van der Waals surface area contributed by atoms with Crippen LogP contribution in [0.25, 0.3) is 10.8 Å². The lowest BCUT2D eigenvalue weighted by Gasteiger charge is -2.24. The minimum Gasteiger partial charge on any atom is -0.481 e. The number of nitrogens with two attached hydrogens (primary N) is 1. The van der Waals surface area contributed by atoms with Crippen molar-refractivity contribution >= 4 is 10.8 Å². The average Bonchev–Trinajstić information content (AvgIpc) is 2.85. The molecule has 0 saturated heterocycles. The zero-order valence-corrected chi connectivity index (χ0v) is 10.6. The largest absolute Gasteiger partial charge is 0.481 e. The molecule has 1 aromatic heterocycles. The van der Waals surface area contributed by atoms with E-state index in [-0.39, 0.29) is 5.54 Å². The van der Waals surface area contributed by atoms with E-state index in [2.05, 4.69) is 23.2 Å². The first-order valence-electron chi connectivity index (χ1n) is 6.45. The fourth-order valence-corrected chi connectivity index (χ4v) is 2.92. The van der Waals surface area contributed by atoms with E-state index in [4.69, 9.17) is 10.5 Å². The van der Waals surface area contributed by atoms with Crippen molar-refractivity contribution in [3.63, 3.8) is 0 Å². The summed E-state index contributed by atoms with van der Waals surface area (Å²) in [6.07, 6.45) is 6.41. The van der Waals surface area contributed by atoms with E-state index in [1.54, 1.807) is 13.3 Å². The van der Waals surface area contributed by atoms with E-state index >= 15 is 0 Å². The maximum Gasteiger partial charge on any atom is 0.221 e. The Kier molecular flexibility index (Phi) is 2.71. The highest BCUT2D eigenvalue weighted by molar-refractivity contribution is 5.87. The van der Waals surface area contributed by atoms with Gasteiger partial charge in [0.2, 0.25) is 5.88 Å². The molecule has 1 aliphatic carbocycles. The van der Waals surface area contributed by atoms with Gasteiger partial charge in [-0.3, -0.25) is 0 Å². The standard InChI is InChI=1S/C15H18N2O/c1-18-14-13-5-4-12(10-11(13)6-9-17-14)15(16)7-2-3-8-15/h4-6,9-10H,2-3,7-8,16H2,1H3. The Balaban J connectivity index is 2.12. The quantitative estimate of drug-likeness (QED) is 0.880. The first-order chi connectivity index (χ1) is 8.73. The molecule has 3 nitrogen and oxygen atoms in total. The second-order valence-corrected chi connectivity index (χ2v) is 5.12. The summed E-state index contributed by atoms with van der Waals surface area (Å²) in [5.41, 5.74) is 7.60. The predicted octanol–water partition coefficient (Wildman–Crippen LogP) is 2.97. The molecule has 0 unspecified atom stereocenters. The van der Waals surface area contributed by atoms with Crippen LogP contribution in [0.2, 0.25) is 0 Å². The number of rotatable bonds is 2. The fraction of sp³-hybridized carbons (Fsp3) is 0.400. The molecule has 0 bridgehead atoms. The number of nitrogens with zero attached hydrogens (tertiary/aromatic N) is 1. The van der Waals surface area contributed by atoms with Crippen LogP contribution in [0, 0.1) is 0 Å². The van der Waals surface area contributed by atoms with E-state index < -0.39 is 0 Å². The lowest BCUT2D eigenvalue weighted by atomic mass is 9.88. The molecule has 18 heavy (non-hydrogen) atoms. The zero-order valence-electron chi connectivity index (χ0n) is 10.6. The monoisotopic (exact) mass is 242 g/mol. The highest BCUT2D eigenvalue weighted by Crippen LogP contribution is 2.37. The second kappa shape index (κ2) is 4.25. The molecule has 1 aliphatic rings. The molecule has 0 aliphatic heterocycles. The molecule has 0 amide bonds. The van der Waals surface area contributed by atoms with Gasteiger partial charge >= 0.3 is 0 Å². The predicted molar refractivity (Wildman–Crippen MR) is 72.6 cm³/mol. The molecule has 3 rings (SSSR count). The molecule has 0 radical (unpaired) electrons. The molecule has 0 atom stereocenters. The van der Waals surface area contributed by atoms with Crippen LogP contribution in [0.5, 0.6) is 5.88 Å². The maximum atomic E-state index is 6.50. The van der Waals surface area contributed by atoms with Gasteiger partial charge in [0, 0.05) is 17.1 Å². The van der Waals surface area contributed by atoms with E-state index in [0.717, 1.165) is 23.6 Å². The van der Waals surface area contributed by atoms with Gasteiger partial charge in [-0.25, -0.2) is 4.98 Å². The number of hydrogen-bond donors (Lipinski definition) is 1. The lowest BCUT2D eigenvalue weighted by molar-refractivity contribution is 0.403. The summed E-state index contributed by atoms with van der Waals surface area (Å²) in [5.74, 6) is 0.677. The third-order valence-corrected chi connectivity index (χ3v) is 3.99. The number of hydrogen-bond acceptors (Lipinski definition) is 3. The molecule has 94 valence electrons. The van der Waals surface area contributed by atoms with Gasteiger partial charge in [-0.2, -0.15) is 0 Å². The molecule has 0 spiro atoms. The van der Waals surface area contributed by atoms with Crippen molar-refractivity contribution in [1.82, 2.24) is 4.98 Å². The van der Waals surface area contributed by atoms with Gasteiger partial charge in [-0.05, 0) is 42.0 Å². The normalized spacial score (nSPS) is 18.1. The second-order valence-electron chi connectivity index (χ2n) is 5.12. The summed E-state index contributed by atoms with van der Waals surface area (Å²) in [6.45, 7) is 0. The Bertz CT molecular complexity index is 574. The summed E-state index contributed by atoms with van der Waals surface area (Å²) in [6, 6.07) is 8.39. The third kappa shape index (κ3) is 1.75. The van der Waals surface area contributed by atoms with Crippen molar-refractivity contribution in [3.05, 3.63) is 36.0 Å². The summed E-state index contributed by atoms with van der Waals surface area (Å²) >= 11 is 0. The number of pyridine rings is 1. The van der Waals surface area contributed by atoms with Crippen LogP contribution in [-0.2, 0) is 5.54 Å². The van der Waals surface area contributed by atoms with Crippen LogP contribution in [0.4, 0.5) is 0 Å². The molecule has 1 fully saturated rings. The van der Waals surface area contributed by atoms with Crippen molar-refractivity contribution in [2.45, 2.75) is 31.2 Å². The number of benzene rings is 1. The lowest BCUT2D eigenvalue weighted by Crippen LogP contribution is -2.32. The summed E-state index contributed by atoms with van der Waals surface area (Å²) in [7, 11) is 1.65. The Morgan fingerprint density at radius 3 is 2.72 bits per heavy atom. The molecule has 1 aromatic carbocycles. The van der Waals surface area contributed by atoms with Gasteiger partial charge < -0.3 is 10.5 Å². The molecule has 2 aromatic rings. The highest BCUT2D eigenvalue weighted by atomic mass is 16.5. The Morgan fingerprint density at radius 2 is 2.00 bits per heavy atom. The first kappa shape index (κ1) is 11.5. The van der Waals surface area contributed by atoms with Crippen LogP contribution in [0.15, 0.2) is 30.5 Å². The van der Waals surface area contributed by atoms with E-state index in [9.17, 15) is 0 Å². The van der Waals surface area contributed by atoms with Gasteiger partial charge in [-0.15, -0.1) is 0 Å². The highest BCUT2D eigenvalue weighted by Gasteiger charge is 2.31. The molecular weight excluding hydrogens is 224 g/mol. The third-order valence-electron chi connectivity index (χ3n) is 3.99. The first-order valence-corrected chi connectivity index (χ1v) is 6.45. The minimum absolute atomic E-state index is 0.134. The SMILES string of the molecule is COc1nccc2cc(C3(N)CCCC3)ccc12. The molecule has 1 heterocycles. The number of aromatic nitrogens is 1. The van der Waals surface area contributed by atoms with Gasteiger partial charge in [0.25, 0.3) is 0 Å². The zero-order chi connectivity index (χ0) is 12.6. The molecule has 1 saturated carbocycles. The smallest absolute Gasteiger partial charge is 0.221 e. The molecule has 2 N–H and O–H groups in total. The van der Waals surface area contributed by atoms with Gasteiger partial charge in [0.15, 0.2) is 0 Å². The van der Waals surface area contributed by atoms with E-state index in [0.29, 0.717) is 5.88 Å². The van der Waals surface area contributed by atoms with Crippen LogP contribution in [0.1, 0.15) is 31.2 Å². The van der Waals surface area contributed by atoms with E-state index in [1.165, 1.54) is 18.4 Å². The summed E-state index contributed by atoms with van der Waals surface area (Å²) in [5, 5.41) is 2.20. The molecule has 3 heteroatoms.